The number of methoxy groups -OCH3 is 3. The fourth-order valence-corrected chi connectivity index (χ4v) is 3.36. The predicted octanol–water partition coefficient (Wildman–Crippen LogP) is 1.69. The molecule has 1 unspecified atom stereocenters. The minimum absolute atomic E-state index is 0.465. The third-order valence-electron chi connectivity index (χ3n) is 4.57. The number of piperidine rings is 1. The van der Waals surface area contributed by atoms with Crippen LogP contribution in [-0.2, 0) is 6.54 Å². The van der Waals surface area contributed by atoms with Crippen LogP contribution in [0.15, 0.2) is 24.5 Å². The Morgan fingerprint density at radius 2 is 2.00 bits per heavy atom. The van der Waals surface area contributed by atoms with E-state index in [2.05, 4.69) is 10.3 Å². The molecule has 2 heterocycles. The molecule has 2 aromatic rings. The largest absolute Gasteiger partial charge is 0.493 e. The predicted molar refractivity (Wildman–Crippen MR) is 94.4 cm³/mol. The summed E-state index contributed by atoms with van der Waals surface area (Å²) in [6.07, 6.45) is 5.32. The molecule has 136 valence electrons. The van der Waals surface area contributed by atoms with Gasteiger partial charge in [0.15, 0.2) is 11.5 Å². The van der Waals surface area contributed by atoms with E-state index in [9.17, 15) is 5.11 Å². The number of imidazole rings is 1. The monoisotopic (exact) mass is 347 g/mol. The van der Waals surface area contributed by atoms with Crippen molar-refractivity contribution in [1.29, 1.82) is 0 Å². The summed E-state index contributed by atoms with van der Waals surface area (Å²) in [6, 6.07) is 3.72. The molecule has 1 saturated heterocycles. The molecule has 1 aromatic carbocycles. The van der Waals surface area contributed by atoms with Gasteiger partial charge < -0.3 is 29.2 Å². The van der Waals surface area contributed by atoms with E-state index in [1.54, 1.807) is 27.5 Å². The van der Waals surface area contributed by atoms with Crippen LogP contribution in [0.2, 0.25) is 0 Å². The van der Waals surface area contributed by atoms with Crippen molar-refractivity contribution in [3.05, 3.63) is 24.5 Å². The van der Waals surface area contributed by atoms with Crippen LogP contribution in [0.1, 0.15) is 12.8 Å². The first-order valence-electron chi connectivity index (χ1n) is 8.35. The molecule has 1 aromatic heterocycles. The maximum absolute atomic E-state index is 10.8. The summed E-state index contributed by atoms with van der Waals surface area (Å²) in [4.78, 5) is 4.48. The number of benzene rings is 1. The SMILES string of the molecule is COc1ccc(-c2nccn2CC2(O)CCCNC2)c(OC)c1OC. The molecule has 0 aliphatic carbocycles. The molecular weight excluding hydrogens is 322 g/mol. The summed E-state index contributed by atoms with van der Waals surface area (Å²) in [7, 11) is 4.75. The second kappa shape index (κ2) is 7.33. The first-order chi connectivity index (χ1) is 12.1. The highest BCUT2D eigenvalue weighted by molar-refractivity contribution is 5.72. The lowest BCUT2D eigenvalue weighted by Crippen LogP contribution is -2.48. The van der Waals surface area contributed by atoms with Gasteiger partial charge in [0.05, 0.1) is 39.0 Å². The lowest BCUT2D eigenvalue weighted by atomic mass is 9.94. The summed E-state index contributed by atoms with van der Waals surface area (Å²) in [5.41, 5.74) is 0.00910. The van der Waals surface area contributed by atoms with Gasteiger partial charge in [0, 0.05) is 18.9 Å². The smallest absolute Gasteiger partial charge is 0.204 e. The Morgan fingerprint density at radius 1 is 1.20 bits per heavy atom. The summed E-state index contributed by atoms with van der Waals surface area (Å²) < 4.78 is 18.3. The Labute approximate surface area is 147 Å². The molecule has 25 heavy (non-hydrogen) atoms. The third-order valence-corrected chi connectivity index (χ3v) is 4.57. The Morgan fingerprint density at radius 3 is 2.64 bits per heavy atom. The first-order valence-corrected chi connectivity index (χ1v) is 8.35. The van der Waals surface area contributed by atoms with Crippen molar-refractivity contribution < 1.29 is 19.3 Å². The normalized spacial score (nSPS) is 20.3. The molecule has 0 amide bonds. The zero-order chi connectivity index (χ0) is 17.9. The summed E-state index contributed by atoms with van der Waals surface area (Å²) in [5.74, 6) is 2.39. The second-order valence-corrected chi connectivity index (χ2v) is 6.27. The van der Waals surface area contributed by atoms with E-state index in [-0.39, 0.29) is 0 Å². The average molecular weight is 347 g/mol. The van der Waals surface area contributed by atoms with Crippen molar-refractivity contribution in [2.45, 2.75) is 25.0 Å². The van der Waals surface area contributed by atoms with Gasteiger partial charge in [0.1, 0.15) is 5.82 Å². The lowest BCUT2D eigenvalue weighted by Gasteiger charge is -2.33. The number of aliphatic hydroxyl groups is 1. The van der Waals surface area contributed by atoms with Gasteiger partial charge in [-0.2, -0.15) is 0 Å². The molecule has 1 fully saturated rings. The zero-order valence-electron chi connectivity index (χ0n) is 14.9. The average Bonchev–Trinajstić information content (AvgIpc) is 3.07. The number of ether oxygens (including phenoxy) is 3. The van der Waals surface area contributed by atoms with E-state index >= 15 is 0 Å². The van der Waals surface area contributed by atoms with E-state index in [0.29, 0.717) is 30.3 Å². The van der Waals surface area contributed by atoms with Gasteiger partial charge in [0.2, 0.25) is 5.75 Å². The number of hydrogen-bond acceptors (Lipinski definition) is 6. The van der Waals surface area contributed by atoms with E-state index in [4.69, 9.17) is 14.2 Å². The standard InChI is InChI=1S/C18H25N3O4/c1-23-14-6-5-13(15(24-2)16(14)25-3)17-20-9-10-21(17)12-18(22)7-4-8-19-11-18/h5-6,9-10,19,22H,4,7-8,11-12H2,1-3H3. The Balaban J connectivity index is 1.99. The number of rotatable bonds is 6. The Bertz CT molecular complexity index is 723. The molecule has 1 aliphatic heterocycles. The van der Waals surface area contributed by atoms with E-state index in [1.165, 1.54) is 0 Å². The van der Waals surface area contributed by atoms with E-state index < -0.39 is 5.60 Å². The molecule has 2 N–H and O–H groups in total. The van der Waals surface area contributed by atoms with Crippen molar-refractivity contribution in [3.8, 4) is 28.6 Å². The molecule has 0 saturated carbocycles. The van der Waals surface area contributed by atoms with Crippen molar-refractivity contribution in [2.24, 2.45) is 0 Å². The number of hydrogen-bond donors (Lipinski definition) is 2. The van der Waals surface area contributed by atoms with Crippen molar-refractivity contribution in [3.63, 3.8) is 0 Å². The van der Waals surface area contributed by atoms with Crippen LogP contribution >= 0.6 is 0 Å². The Hall–Kier alpha value is -2.25. The van der Waals surface area contributed by atoms with Gasteiger partial charge in [-0.3, -0.25) is 0 Å². The maximum atomic E-state index is 10.8. The Kier molecular flexibility index (Phi) is 5.15. The van der Waals surface area contributed by atoms with Crippen LogP contribution in [0.3, 0.4) is 0 Å². The van der Waals surface area contributed by atoms with Gasteiger partial charge >= 0.3 is 0 Å². The quantitative estimate of drug-likeness (QED) is 0.828. The topological polar surface area (TPSA) is 77.8 Å². The summed E-state index contributed by atoms with van der Waals surface area (Å²) in [5, 5.41) is 14.1. The summed E-state index contributed by atoms with van der Waals surface area (Å²) >= 11 is 0. The van der Waals surface area contributed by atoms with Crippen LogP contribution in [0.4, 0.5) is 0 Å². The number of β-amino-alcohol motifs (C(OH)–C–C–N with tert-alkyl or cyclic N) is 1. The molecule has 1 aliphatic rings. The highest BCUT2D eigenvalue weighted by Gasteiger charge is 2.31. The van der Waals surface area contributed by atoms with E-state index in [0.717, 1.165) is 30.8 Å². The molecule has 3 rings (SSSR count). The first kappa shape index (κ1) is 17.6. The van der Waals surface area contributed by atoms with Crippen LogP contribution in [0, 0.1) is 0 Å². The highest BCUT2D eigenvalue weighted by atomic mass is 16.5. The highest BCUT2D eigenvalue weighted by Crippen LogP contribution is 2.43. The molecule has 0 spiro atoms. The number of aromatic nitrogens is 2. The third kappa shape index (κ3) is 3.43. The maximum Gasteiger partial charge on any atom is 0.204 e. The molecule has 0 bridgehead atoms. The molecule has 7 heteroatoms. The van der Waals surface area contributed by atoms with Crippen LogP contribution in [0.25, 0.3) is 11.4 Å². The fraction of sp³-hybridized carbons (Fsp3) is 0.500. The van der Waals surface area contributed by atoms with Gasteiger partial charge in [-0.15, -0.1) is 0 Å². The zero-order valence-corrected chi connectivity index (χ0v) is 14.9. The van der Waals surface area contributed by atoms with Gasteiger partial charge in [-0.25, -0.2) is 4.98 Å². The molecular formula is C18H25N3O4. The van der Waals surface area contributed by atoms with Crippen LogP contribution in [0.5, 0.6) is 17.2 Å². The number of nitrogens with one attached hydrogen (secondary N) is 1. The van der Waals surface area contributed by atoms with Crippen molar-refractivity contribution in [2.75, 3.05) is 34.4 Å². The van der Waals surface area contributed by atoms with Gasteiger partial charge in [-0.05, 0) is 31.5 Å². The molecule has 1 atom stereocenters. The van der Waals surface area contributed by atoms with Gasteiger partial charge in [0.25, 0.3) is 0 Å². The number of nitrogens with zero attached hydrogens (tertiary/aromatic N) is 2. The minimum atomic E-state index is -0.780. The second-order valence-electron chi connectivity index (χ2n) is 6.27. The lowest BCUT2D eigenvalue weighted by molar-refractivity contribution is 0.00105. The van der Waals surface area contributed by atoms with Crippen LogP contribution in [-0.4, -0.2) is 54.7 Å². The van der Waals surface area contributed by atoms with Crippen LogP contribution < -0.4 is 19.5 Å². The fourth-order valence-electron chi connectivity index (χ4n) is 3.36. The van der Waals surface area contributed by atoms with Crippen molar-refractivity contribution >= 4 is 0 Å². The summed E-state index contributed by atoms with van der Waals surface area (Å²) in [6.45, 7) is 1.99. The van der Waals surface area contributed by atoms with Crippen molar-refractivity contribution in [1.82, 2.24) is 14.9 Å². The molecule has 7 nitrogen and oxygen atoms in total. The van der Waals surface area contributed by atoms with E-state index in [1.807, 2.05) is 22.9 Å². The minimum Gasteiger partial charge on any atom is -0.493 e. The van der Waals surface area contributed by atoms with Gasteiger partial charge in [-0.1, -0.05) is 0 Å². The molecule has 0 radical (unpaired) electrons.